The molecule has 0 aliphatic carbocycles. The molecule has 1 atom stereocenters. The van der Waals surface area contributed by atoms with Gasteiger partial charge in [-0.2, -0.15) is 0 Å². The topological polar surface area (TPSA) is 54.9 Å². The smallest absolute Gasteiger partial charge is 0.129 e. The van der Waals surface area contributed by atoms with Crippen molar-refractivity contribution >= 4 is 16.6 Å². The van der Waals surface area contributed by atoms with E-state index in [2.05, 4.69) is 29.1 Å². The second kappa shape index (κ2) is 6.58. The molecule has 1 rings (SSSR count). The van der Waals surface area contributed by atoms with Crippen LogP contribution >= 0.6 is 0 Å². The Morgan fingerprint density at radius 1 is 1.44 bits per heavy atom. The fraction of sp³-hybridized carbons (Fsp3) is 0.636. The molecule has 1 aromatic rings. The molecule has 1 N–H and O–H groups in total. The Bertz CT molecular complexity index is 355. The maximum atomic E-state index is 10.9. The summed E-state index contributed by atoms with van der Waals surface area (Å²) in [7, 11) is -0.708. The molecule has 0 radical (unpaired) electrons. The summed E-state index contributed by atoms with van der Waals surface area (Å²) >= 11 is 0. The standard InChI is InChI=1S/C11H19N3OS/c1-9(2)10-7-11(14-8-13-10)12-5-4-6-16(3)15/h7-9H,4-6H2,1-3H3,(H,12,13,14). The molecule has 0 saturated heterocycles. The molecule has 0 bridgehead atoms. The SMILES string of the molecule is CC(C)c1cc(NCCCS(C)=O)ncn1. The predicted octanol–water partition coefficient (Wildman–Crippen LogP) is 1.78. The van der Waals surface area contributed by atoms with E-state index in [0.29, 0.717) is 5.92 Å². The van der Waals surface area contributed by atoms with Crippen molar-refractivity contribution in [1.29, 1.82) is 0 Å². The Morgan fingerprint density at radius 3 is 2.81 bits per heavy atom. The van der Waals surface area contributed by atoms with Gasteiger partial charge in [0.1, 0.15) is 12.1 Å². The molecular formula is C11H19N3OS. The first-order valence-electron chi connectivity index (χ1n) is 5.45. The van der Waals surface area contributed by atoms with Gasteiger partial charge in [-0.25, -0.2) is 9.97 Å². The zero-order valence-corrected chi connectivity index (χ0v) is 10.9. The largest absolute Gasteiger partial charge is 0.370 e. The molecule has 0 aliphatic heterocycles. The van der Waals surface area contributed by atoms with Crippen molar-refractivity contribution in [1.82, 2.24) is 9.97 Å². The Kier molecular flexibility index (Phi) is 5.38. The van der Waals surface area contributed by atoms with Gasteiger partial charge in [0.25, 0.3) is 0 Å². The van der Waals surface area contributed by atoms with E-state index in [9.17, 15) is 4.21 Å². The summed E-state index contributed by atoms with van der Waals surface area (Å²) in [6, 6.07) is 1.97. The lowest BCUT2D eigenvalue weighted by molar-refractivity contribution is 0.685. The van der Waals surface area contributed by atoms with Gasteiger partial charge in [-0.1, -0.05) is 13.8 Å². The van der Waals surface area contributed by atoms with E-state index in [4.69, 9.17) is 0 Å². The molecule has 0 saturated carbocycles. The lowest BCUT2D eigenvalue weighted by Crippen LogP contribution is -2.08. The van der Waals surface area contributed by atoms with Crippen LogP contribution in [0.25, 0.3) is 0 Å². The van der Waals surface area contributed by atoms with E-state index in [0.717, 1.165) is 30.2 Å². The fourth-order valence-electron chi connectivity index (χ4n) is 1.28. The Hall–Kier alpha value is -0.970. The van der Waals surface area contributed by atoms with Crippen LogP contribution in [-0.4, -0.2) is 32.7 Å². The van der Waals surface area contributed by atoms with Gasteiger partial charge in [0.2, 0.25) is 0 Å². The van der Waals surface area contributed by atoms with Crippen molar-refractivity contribution in [3.05, 3.63) is 18.1 Å². The number of nitrogens with zero attached hydrogens (tertiary/aromatic N) is 2. The number of rotatable bonds is 6. The van der Waals surface area contributed by atoms with E-state index >= 15 is 0 Å². The van der Waals surface area contributed by atoms with Crippen molar-refractivity contribution in [3.63, 3.8) is 0 Å². The van der Waals surface area contributed by atoms with E-state index in [-0.39, 0.29) is 0 Å². The summed E-state index contributed by atoms with van der Waals surface area (Å²) in [6.07, 6.45) is 4.20. The van der Waals surface area contributed by atoms with Gasteiger partial charge in [0, 0.05) is 41.1 Å². The number of aromatic nitrogens is 2. The summed E-state index contributed by atoms with van der Waals surface area (Å²) < 4.78 is 10.9. The van der Waals surface area contributed by atoms with Gasteiger partial charge < -0.3 is 5.32 Å². The van der Waals surface area contributed by atoms with Crippen LogP contribution in [0.4, 0.5) is 5.82 Å². The van der Waals surface area contributed by atoms with Crippen LogP contribution in [0, 0.1) is 0 Å². The highest BCUT2D eigenvalue weighted by Crippen LogP contribution is 2.13. The van der Waals surface area contributed by atoms with Crippen LogP contribution in [0.1, 0.15) is 31.9 Å². The van der Waals surface area contributed by atoms with Crippen LogP contribution in [0.5, 0.6) is 0 Å². The molecule has 1 heterocycles. The fourth-order valence-corrected chi connectivity index (χ4v) is 1.83. The molecule has 1 unspecified atom stereocenters. The number of nitrogens with one attached hydrogen (secondary N) is 1. The second-order valence-electron chi connectivity index (χ2n) is 4.04. The minimum Gasteiger partial charge on any atom is -0.370 e. The average molecular weight is 241 g/mol. The molecule has 1 aromatic heterocycles. The van der Waals surface area contributed by atoms with Crippen LogP contribution in [0.15, 0.2) is 12.4 Å². The number of anilines is 1. The van der Waals surface area contributed by atoms with Crippen LogP contribution in [0.2, 0.25) is 0 Å². The highest BCUT2D eigenvalue weighted by molar-refractivity contribution is 7.84. The minimum absolute atomic E-state index is 0.409. The Balaban J connectivity index is 2.42. The summed E-state index contributed by atoms with van der Waals surface area (Å²) in [5.74, 6) is 1.99. The van der Waals surface area contributed by atoms with Crippen LogP contribution < -0.4 is 5.32 Å². The van der Waals surface area contributed by atoms with Gasteiger partial charge in [0.05, 0.1) is 0 Å². The third kappa shape index (κ3) is 4.70. The number of hydrogen-bond donors (Lipinski definition) is 1. The van der Waals surface area contributed by atoms with Gasteiger partial charge >= 0.3 is 0 Å². The van der Waals surface area contributed by atoms with Crippen molar-refractivity contribution in [2.75, 3.05) is 23.9 Å². The third-order valence-electron chi connectivity index (χ3n) is 2.19. The lowest BCUT2D eigenvalue weighted by Gasteiger charge is -2.08. The molecule has 4 nitrogen and oxygen atoms in total. The zero-order chi connectivity index (χ0) is 12.0. The van der Waals surface area contributed by atoms with Crippen LogP contribution in [0.3, 0.4) is 0 Å². The second-order valence-corrected chi connectivity index (χ2v) is 5.60. The molecule has 0 spiro atoms. The first-order chi connectivity index (χ1) is 7.59. The van der Waals surface area contributed by atoms with Crippen molar-refractivity contribution in [2.45, 2.75) is 26.2 Å². The Labute approximate surface area is 99.3 Å². The summed E-state index contributed by atoms with van der Waals surface area (Å²) in [5, 5.41) is 3.21. The first kappa shape index (κ1) is 13.1. The third-order valence-corrected chi connectivity index (χ3v) is 3.06. The zero-order valence-electron chi connectivity index (χ0n) is 10.1. The lowest BCUT2D eigenvalue weighted by atomic mass is 10.1. The van der Waals surface area contributed by atoms with Gasteiger partial charge in [-0.15, -0.1) is 0 Å². The molecular weight excluding hydrogens is 222 g/mol. The quantitative estimate of drug-likeness (QED) is 0.771. The van der Waals surface area contributed by atoms with E-state index in [1.165, 1.54) is 0 Å². The normalized spacial score (nSPS) is 12.8. The Morgan fingerprint density at radius 2 is 2.19 bits per heavy atom. The van der Waals surface area contributed by atoms with Gasteiger partial charge in [-0.05, 0) is 12.3 Å². The summed E-state index contributed by atoms with van der Waals surface area (Å²) in [5.41, 5.74) is 1.04. The first-order valence-corrected chi connectivity index (χ1v) is 7.18. The summed E-state index contributed by atoms with van der Waals surface area (Å²) in [6.45, 7) is 5.01. The maximum Gasteiger partial charge on any atom is 0.129 e. The predicted molar refractivity (Wildman–Crippen MR) is 68.2 cm³/mol. The monoisotopic (exact) mass is 241 g/mol. The van der Waals surface area contributed by atoms with Crippen molar-refractivity contribution in [3.8, 4) is 0 Å². The summed E-state index contributed by atoms with van der Waals surface area (Å²) in [4.78, 5) is 8.34. The van der Waals surface area contributed by atoms with E-state index in [1.54, 1.807) is 12.6 Å². The molecule has 5 heteroatoms. The average Bonchev–Trinajstić information content (AvgIpc) is 2.24. The van der Waals surface area contributed by atoms with Crippen molar-refractivity contribution in [2.24, 2.45) is 0 Å². The van der Waals surface area contributed by atoms with E-state index < -0.39 is 10.8 Å². The molecule has 0 fully saturated rings. The van der Waals surface area contributed by atoms with E-state index in [1.807, 2.05) is 6.07 Å². The molecule has 90 valence electrons. The molecule has 0 aromatic carbocycles. The minimum atomic E-state index is -0.708. The highest BCUT2D eigenvalue weighted by atomic mass is 32.2. The molecule has 16 heavy (non-hydrogen) atoms. The number of hydrogen-bond acceptors (Lipinski definition) is 4. The maximum absolute atomic E-state index is 10.9. The van der Waals surface area contributed by atoms with Crippen molar-refractivity contribution < 1.29 is 4.21 Å². The molecule has 0 aliphatic rings. The molecule has 0 amide bonds. The highest BCUT2D eigenvalue weighted by Gasteiger charge is 2.02. The van der Waals surface area contributed by atoms with Crippen LogP contribution in [-0.2, 0) is 10.8 Å². The van der Waals surface area contributed by atoms with Gasteiger partial charge in [-0.3, -0.25) is 4.21 Å². The van der Waals surface area contributed by atoms with Gasteiger partial charge in [0.15, 0.2) is 0 Å².